The van der Waals surface area contributed by atoms with E-state index in [0.717, 1.165) is 0 Å². The third kappa shape index (κ3) is 3.27. The molecule has 0 atom stereocenters. The molecule has 72 valence electrons. The van der Waals surface area contributed by atoms with Crippen molar-refractivity contribution in [1.29, 1.82) is 0 Å². The van der Waals surface area contributed by atoms with Gasteiger partial charge >= 0.3 is 11.9 Å². The van der Waals surface area contributed by atoms with Crippen molar-refractivity contribution in [2.24, 2.45) is 5.92 Å². The predicted octanol–water partition coefficient (Wildman–Crippen LogP) is 1.36. The summed E-state index contributed by atoms with van der Waals surface area (Å²) in [5, 5.41) is 0. The van der Waals surface area contributed by atoms with Crippen LogP contribution in [0, 0.1) is 5.92 Å². The summed E-state index contributed by atoms with van der Waals surface area (Å²) in [7, 11) is 0. The molecule has 0 amide bonds. The second kappa shape index (κ2) is 4.64. The van der Waals surface area contributed by atoms with Crippen LogP contribution in [0.15, 0.2) is 12.7 Å². The Hall–Kier alpha value is -1.32. The highest BCUT2D eigenvalue weighted by molar-refractivity contribution is 5.73. The molecule has 0 aromatic rings. The Morgan fingerprint density at radius 2 is 1.62 bits per heavy atom. The van der Waals surface area contributed by atoms with Gasteiger partial charge in [-0.15, -0.1) is 6.58 Å². The Morgan fingerprint density at radius 3 is 2.00 bits per heavy atom. The van der Waals surface area contributed by atoms with Crippen LogP contribution in [-0.4, -0.2) is 11.9 Å². The maximum atomic E-state index is 10.9. The Balaban J connectivity index is 2.53. The second-order valence-corrected chi connectivity index (χ2v) is 2.98. The van der Waals surface area contributed by atoms with Crippen molar-refractivity contribution >= 4 is 11.9 Å². The first-order valence-corrected chi connectivity index (χ1v) is 4.25. The fourth-order valence-corrected chi connectivity index (χ4v) is 1.16. The SMILES string of the molecule is C=CC1CCC(=O)OOC(=O)CC1. The average Bonchev–Trinajstić information content (AvgIpc) is 2.20. The van der Waals surface area contributed by atoms with Gasteiger partial charge in [0.25, 0.3) is 0 Å². The largest absolute Gasteiger partial charge is 0.355 e. The zero-order valence-electron chi connectivity index (χ0n) is 7.32. The molecule has 1 saturated heterocycles. The van der Waals surface area contributed by atoms with Crippen LogP contribution < -0.4 is 0 Å². The first-order chi connectivity index (χ1) is 6.22. The van der Waals surface area contributed by atoms with Gasteiger partial charge in [-0.05, 0) is 18.8 Å². The molecule has 0 bridgehead atoms. The number of hydrogen-bond donors (Lipinski definition) is 0. The van der Waals surface area contributed by atoms with Gasteiger partial charge in [-0.1, -0.05) is 6.08 Å². The van der Waals surface area contributed by atoms with E-state index >= 15 is 0 Å². The molecular formula is C9H12O4. The Morgan fingerprint density at radius 1 is 1.15 bits per heavy atom. The molecule has 1 rings (SSSR count). The zero-order valence-corrected chi connectivity index (χ0v) is 7.32. The third-order valence-electron chi connectivity index (χ3n) is 2.00. The molecule has 0 saturated carbocycles. The van der Waals surface area contributed by atoms with Gasteiger partial charge in [-0.25, -0.2) is 19.4 Å². The van der Waals surface area contributed by atoms with Crippen molar-refractivity contribution in [2.75, 3.05) is 0 Å². The molecule has 4 nitrogen and oxygen atoms in total. The maximum absolute atomic E-state index is 10.9. The van der Waals surface area contributed by atoms with Crippen molar-refractivity contribution in [3.63, 3.8) is 0 Å². The van der Waals surface area contributed by atoms with Crippen LogP contribution in [-0.2, 0) is 19.4 Å². The number of carbonyl (C=O) groups is 2. The molecule has 0 spiro atoms. The Bertz CT molecular complexity index is 202. The van der Waals surface area contributed by atoms with E-state index in [1.165, 1.54) is 0 Å². The molecule has 0 aromatic heterocycles. The molecular weight excluding hydrogens is 172 g/mol. The molecule has 0 radical (unpaired) electrons. The topological polar surface area (TPSA) is 52.6 Å². The van der Waals surface area contributed by atoms with Gasteiger partial charge in [-0.3, -0.25) is 0 Å². The highest BCUT2D eigenvalue weighted by Gasteiger charge is 2.17. The van der Waals surface area contributed by atoms with Crippen LogP contribution in [0.5, 0.6) is 0 Å². The number of allylic oxidation sites excluding steroid dienone is 1. The van der Waals surface area contributed by atoms with Gasteiger partial charge in [0.05, 0.1) is 12.8 Å². The van der Waals surface area contributed by atoms with E-state index < -0.39 is 11.9 Å². The van der Waals surface area contributed by atoms with Crippen LogP contribution in [0.3, 0.4) is 0 Å². The highest BCUT2D eigenvalue weighted by Crippen LogP contribution is 2.17. The quantitative estimate of drug-likeness (QED) is 0.456. The summed E-state index contributed by atoms with van der Waals surface area (Å²) in [5.41, 5.74) is 0. The van der Waals surface area contributed by atoms with E-state index in [9.17, 15) is 9.59 Å². The monoisotopic (exact) mass is 184 g/mol. The summed E-state index contributed by atoms with van der Waals surface area (Å²) in [6.45, 7) is 3.63. The van der Waals surface area contributed by atoms with Crippen LogP contribution in [0.2, 0.25) is 0 Å². The van der Waals surface area contributed by atoms with Gasteiger partial charge in [-0.2, -0.15) is 0 Å². The molecule has 13 heavy (non-hydrogen) atoms. The first-order valence-electron chi connectivity index (χ1n) is 4.25. The number of carbonyl (C=O) groups excluding carboxylic acids is 2. The van der Waals surface area contributed by atoms with Gasteiger partial charge < -0.3 is 0 Å². The average molecular weight is 184 g/mol. The molecule has 0 N–H and O–H groups in total. The molecule has 4 heteroatoms. The van der Waals surface area contributed by atoms with E-state index in [2.05, 4.69) is 16.4 Å². The predicted molar refractivity (Wildman–Crippen MR) is 44.3 cm³/mol. The summed E-state index contributed by atoms with van der Waals surface area (Å²) in [6.07, 6.45) is 3.62. The maximum Gasteiger partial charge on any atom is 0.355 e. The minimum atomic E-state index is -0.498. The normalized spacial score (nSPS) is 20.6. The highest BCUT2D eigenvalue weighted by atomic mass is 17.2. The first kappa shape index (κ1) is 9.77. The van der Waals surface area contributed by atoms with E-state index in [1.54, 1.807) is 6.08 Å². The van der Waals surface area contributed by atoms with Gasteiger partial charge in [0.2, 0.25) is 0 Å². The summed E-state index contributed by atoms with van der Waals surface area (Å²) in [4.78, 5) is 30.2. The van der Waals surface area contributed by atoms with Crippen LogP contribution in [0.4, 0.5) is 0 Å². The lowest BCUT2D eigenvalue weighted by atomic mass is 9.98. The van der Waals surface area contributed by atoms with Crippen molar-refractivity contribution in [3.05, 3.63) is 12.7 Å². The number of hydrogen-bond acceptors (Lipinski definition) is 4. The fraction of sp³-hybridized carbons (Fsp3) is 0.556. The van der Waals surface area contributed by atoms with Crippen molar-refractivity contribution in [3.8, 4) is 0 Å². The van der Waals surface area contributed by atoms with E-state index in [4.69, 9.17) is 0 Å². The third-order valence-corrected chi connectivity index (χ3v) is 2.00. The lowest BCUT2D eigenvalue weighted by Crippen LogP contribution is -2.08. The standard InChI is InChI=1S/C9H12O4/c1-2-7-3-5-8(10)12-13-9(11)6-4-7/h2,7H,1,3-6H2. The van der Waals surface area contributed by atoms with Gasteiger partial charge in [0.15, 0.2) is 0 Å². The minimum absolute atomic E-state index is 0.193. The Labute approximate surface area is 76.4 Å². The van der Waals surface area contributed by atoms with Crippen LogP contribution in [0.25, 0.3) is 0 Å². The Kier molecular flexibility index (Phi) is 3.49. The second-order valence-electron chi connectivity index (χ2n) is 2.98. The van der Waals surface area contributed by atoms with Crippen LogP contribution in [0.1, 0.15) is 25.7 Å². The van der Waals surface area contributed by atoms with Gasteiger partial charge in [0.1, 0.15) is 0 Å². The van der Waals surface area contributed by atoms with E-state index in [1.807, 2.05) is 0 Å². The van der Waals surface area contributed by atoms with E-state index in [0.29, 0.717) is 12.8 Å². The van der Waals surface area contributed by atoms with E-state index in [-0.39, 0.29) is 18.8 Å². The van der Waals surface area contributed by atoms with Crippen molar-refractivity contribution in [2.45, 2.75) is 25.7 Å². The smallest absolute Gasteiger partial charge is 0.247 e. The lowest BCUT2D eigenvalue weighted by Gasteiger charge is -2.06. The summed E-state index contributed by atoms with van der Waals surface area (Å²) < 4.78 is 0. The number of rotatable bonds is 1. The molecule has 1 fully saturated rings. The molecule has 0 aliphatic carbocycles. The summed E-state index contributed by atoms with van der Waals surface area (Å²) in [5.74, 6) is -0.803. The summed E-state index contributed by atoms with van der Waals surface area (Å²) >= 11 is 0. The van der Waals surface area contributed by atoms with Crippen molar-refractivity contribution < 1.29 is 19.4 Å². The molecule has 0 unspecified atom stereocenters. The molecule has 0 aromatic carbocycles. The fourth-order valence-electron chi connectivity index (χ4n) is 1.16. The summed E-state index contributed by atoms with van der Waals surface area (Å²) in [6, 6.07) is 0. The molecule has 1 aliphatic rings. The molecule has 1 aliphatic heterocycles. The van der Waals surface area contributed by atoms with Gasteiger partial charge in [0, 0.05) is 0 Å². The van der Waals surface area contributed by atoms with Crippen molar-refractivity contribution in [1.82, 2.24) is 0 Å². The zero-order chi connectivity index (χ0) is 9.68. The van der Waals surface area contributed by atoms with Crippen LogP contribution >= 0.6 is 0 Å². The molecule has 1 heterocycles. The lowest BCUT2D eigenvalue weighted by molar-refractivity contribution is -0.258. The minimum Gasteiger partial charge on any atom is -0.247 e.